The molecule has 0 radical (unpaired) electrons. The Balaban J connectivity index is 1.43. The van der Waals surface area contributed by atoms with Crippen LogP contribution in [0.2, 0.25) is 0 Å². The standard InChI is InChI=1S/C19H25N/c1-2-5-15(6-3-1)7-4-8-20-14-18-10-16-9-17(11-18)13-19(20)12-16/h1-7,16-19H,8-14H2/b7-4+. The molecule has 0 N–H and O–H groups in total. The summed E-state index contributed by atoms with van der Waals surface area (Å²) in [5.41, 5.74) is 1.33. The van der Waals surface area contributed by atoms with E-state index in [4.69, 9.17) is 0 Å². The molecule has 2 aliphatic heterocycles. The molecule has 0 amide bonds. The Morgan fingerprint density at radius 3 is 2.35 bits per heavy atom. The third kappa shape index (κ3) is 2.56. The molecule has 5 rings (SSSR count). The van der Waals surface area contributed by atoms with E-state index in [0.717, 1.165) is 30.3 Å². The molecule has 4 fully saturated rings. The van der Waals surface area contributed by atoms with Gasteiger partial charge in [-0.2, -0.15) is 0 Å². The van der Waals surface area contributed by atoms with Gasteiger partial charge in [0.25, 0.3) is 0 Å². The van der Waals surface area contributed by atoms with Gasteiger partial charge in [0.15, 0.2) is 0 Å². The second-order valence-corrected chi connectivity index (χ2v) is 7.20. The molecule has 2 heterocycles. The minimum absolute atomic E-state index is 0.881. The molecule has 20 heavy (non-hydrogen) atoms. The van der Waals surface area contributed by atoms with Crippen molar-refractivity contribution in [3.8, 4) is 0 Å². The zero-order chi connectivity index (χ0) is 13.4. The summed E-state index contributed by atoms with van der Waals surface area (Å²) in [4.78, 5) is 2.78. The van der Waals surface area contributed by atoms with Crippen molar-refractivity contribution in [1.29, 1.82) is 0 Å². The van der Waals surface area contributed by atoms with Crippen LogP contribution in [-0.2, 0) is 0 Å². The van der Waals surface area contributed by atoms with Crippen LogP contribution in [0.5, 0.6) is 0 Å². The van der Waals surface area contributed by atoms with E-state index in [1.807, 2.05) is 0 Å². The third-order valence-corrected chi connectivity index (χ3v) is 5.67. The fraction of sp³-hybridized carbons (Fsp3) is 0.579. The molecular formula is C19H25N. The van der Waals surface area contributed by atoms with E-state index < -0.39 is 0 Å². The van der Waals surface area contributed by atoms with Crippen LogP contribution in [0.3, 0.4) is 0 Å². The van der Waals surface area contributed by atoms with Crippen molar-refractivity contribution in [2.24, 2.45) is 17.8 Å². The summed E-state index contributed by atoms with van der Waals surface area (Å²) in [6.45, 7) is 2.51. The summed E-state index contributed by atoms with van der Waals surface area (Å²) in [7, 11) is 0. The van der Waals surface area contributed by atoms with Crippen LogP contribution in [0.15, 0.2) is 36.4 Å². The average molecular weight is 267 g/mol. The van der Waals surface area contributed by atoms with Crippen molar-refractivity contribution < 1.29 is 0 Å². The molecule has 106 valence electrons. The van der Waals surface area contributed by atoms with Gasteiger partial charge in [0.2, 0.25) is 0 Å². The molecular weight excluding hydrogens is 242 g/mol. The highest BCUT2D eigenvalue weighted by atomic mass is 15.2. The van der Waals surface area contributed by atoms with Crippen LogP contribution >= 0.6 is 0 Å². The molecule has 0 spiro atoms. The van der Waals surface area contributed by atoms with Crippen LogP contribution in [0.1, 0.15) is 37.7 Å². The fourth-order valence-corrected chi connectivity index (χ4v) is 4.99. The molecule has 2 atom stereocenters. The highest BCUT2D eigenvalue weighted by molar-refractivity contribution is 5.48. The number of rotatable bonds is 3. The van der Waals surface area contributed by atoms with Gasteiger partial charge in [0.05, 0.1) is 0 Å². The van der Waals surface area contributed by atoms with Gasteiger partial charge in [-0.25, -0.2) is 0 Å². The maximum atomic E-state index is 2.78. The minimum atomic E-state index is 0.881. The van der Waals surface area contributed by atoms with Crippen LogP contribution in [-0.4, -0.2) is 24.0 Å². The van der Waals surface area contributed by atoms with Crippen molar-refractivity contribution in [2.75, 3.05) is 13.1 Å². The number of hydrogen-bond acceptors (Lipinski definition) is 1. The van der Waals surface area contributed by atoms with Gasteiger partial charge in [0.1, 0.15) is 0 Å². The molecule has 1 heteroatoms. The van der Waals surface area contributed by atoms with E-state index in [1.165, 1.54) is 37.8 Å². The predicted octanol–water partition coefficient (Wildman–Crippen LogP) is 4.21. The molecule has 4 bridgehead atoms. The lowest BCUT2D eigenvalue weighted by Gasteiger charge is -2.39. The van der Waals surface area contributed by atoms with Gasteiger partial charge in [-0.1, -0.05) is 42.5 Å². The lowest BCUT2D eigenvalue weighted by atomic mass is 9.68. The summed E-state index contributed by atoms with van der Waals surface area (Å²) in [5, 5.41) is 0. The first-order valence-electron chi connectivity index (χ1n) is 8.32. The van der Waals surface area contributed by atoms with Crippen molar-refractivity contribution in [3.63, 3.8) is 0 Å². The predicted molar refractivity (Wildman–Crippen MR) is 84.4 cm³/mol. The molecule has 2 aliphatic carbocycles. The third-order valence-electron chi connectivity index (χ3n) is 5.67. The maximum absolute atomic E-state index is 2.78. The van der Waals surface area contributed by atoms with Gasteiger partial charge in [-0.15, -0.1) is 0 Å². The number of benzene rings is 1. The largest absolute Gasteiger partial charge is 0.296 e. The second kappa shape index (κ2) is 5.37. The Labute approximate surface area is 122 Å². The van der Waals surface area contributed by atoms with E-state index >= 15 is 0 Å². The average Bonchev–Trinajstić information content (AvgIpc) is 2.64. The summed E-state index contributed by atoms with van der Waals surface area (Å²) in [6, 6.07) is 11.6. The zero-order valence-electron chi connectivity index (χ0n) is 12.2. The Bertz CT molecular complexity index is 464. The second-order valence-electron chi connectivity index (χ2n) is 7.20. The summed E-state index contributed by atoms with van der Waals surface area (Å²) >= 11 is 0. The quantitative estimate of drug-likeness (QED) is 0.793. The zero-order valence-corrected chi connectivity index (χ0v) is 12.2. The first kappa shape index (κ1) is 12.6. The Morgan fingerprint density at radius 1 is 0.900 bits per heavy atom. The molecule has 2 saturated carbocycles. The Hall–Kier alpha value is -1.08. The highest BCUT2D eigenvalue weighted by Crippen LogP contribution is 2.47. The first-order valence-corrected chi connectivity index (χ1v) is 8.32. The van der Waals surface area contributed by atoms with E-state index in [0.29, 0.717) is 0 Å². The van der Waals surface area contributed by atoms with Crippen LogP contribution in [0, 0.1) is 17.8 Å². The fourth-order valence-electron chi connectivity index (χ4n) is 4.99. The SMILES string of the molecule is C(=C\c1ccccc1)/CN1CC2CC3CC(C2)CC1C3. The van der Waals surface area contributed by atoms with E-state index in [9.17, 15) is 0 Å². The lowest BCUT2D eigenvalue weighted by molar-refractivity contribution is 0.132. The van der Waals surface area contributed by atoms with Crippen molar-refractivity contribution in [1.82, 2.24) is 4.90 Å². The topological polar surface area (TPSA) is 3.24 Å². The van der Waals surface area contributed by atoms with Crippen LogP contribution in [0.4, 0.5) is 0 Å². The van der Waals surface area contributed by atoms with E-state index in [2.05, 4.69) is 47.4 Å². The summed E-state index contributed by atoms with van der Waals surface area (Å²) in [6.07, 6.45) is 12.2. The molecule has 2 unspecified atom stereocenters. The van der Waals surface area contributed by atoms with Crippen molar-refractivity contribution in [3.05, 3.63) is 42.0 Å². The van der Waals surface area contributed by atoms with E-state index in [1.54, 1.807) is 6.42 Å². The molecule has 1 aromatic carbocycles. The highest BCUT2D eigenvalue weighted by Gasteiger charge is 2.42. The normalized spacial score (nSPS) is 36.6. The van der Waals surface area contributed by atoms with Gasteiger partial charge in [-0.3, -0.25) is 4.90 Å². The number of nitrogens with zero attached hydrogens (tertiary/aromatic N) is 1. The number of fused-ring (bicyclic) bond motifs is 1. The monoisotopic (exact) mass is 267 g/mol. The Morgan fingerprint density at radius 2 is 1.60 bits per heavy atom. The minimum Gasteiger partial charge on any atom is -0.296 e. The van der Waals surface area contributed by atoms with Crippen molar-refractivity contribution in [2.45, 2.75) is 38.1 Å². The van der Waals surface area contributed by atoms with Gasteiger partial charge in [-0.05, 0) is 55.4 Å². The molecule has 0 aromatic heterocycles. The van der Waals surface area contributed by atoms with Crippen LogP contribution in [0.25, 0.3) is 6.08 Å². The maximum Gasteiger partial charge on any atom is 0.0169 e. The summed E-state index contributed by atoms with van der Waals surface area (Å²) < 4.78 is 0. The first-order chi connectivity index (χ1) is 9.87. The molecule has 4 aliphatic rings. The van der Waals surface area contributed by atoms with Gasteiger partial charge < -0.3 is 0 Å². The van der Waals surface area contributed by atoms with Gasteiger partial charge in [0, 0.05) is 19.1 Å². The summed E-state index contributed by atoms with van der Waals surface area (Å²) in [5.74, 6) is 3.11. The Kier molecular flexibility index (Phi) is 3.39. The molecule has 2 saturated heterocycles. The number of hydrogen-bond donors (Lipinski definition) is 0. The molecule has 1 nitrogen and oxygen atoms in total. The molecule has 1 aromatic rings. The smallest absolute Gasteiger partial charge is 0.0169 e. The van der Waals surface area contributed by atoms with Gasteiger partial charge >= 0.3 is 0 Å². The van der Waals surface area contributed by atoms with Crippen LogP contribution < -0.4 is 0 Å². The lowest BCUT2D eigenvalue weighted by Crippen LogP contribution is -2.38. The van der Waals surface area contributed by atoms with E-state index in [-0.39, 0.29) is 0 Å². The van der Waals surface area contributed by atoms with Crippen molar-refractivity contribution >= 4 is 6.08 Å².